The molecule has 3 aliphatic rings. The second-order valence-electron chi connectivity index (χ2n) is 9.97. The third kappa shape index (κ3) is 3.87. The highest BCUT2D eigenvalue weighted by Crippen LogP contribution is 2.44. The molecular formula is C27H28N6O2S. The molecule has 9 heteroatoms. The number of fused-ring (bicyclic) bond motifs is 3. The van der Waals surface area contributed by atoms with Gasteiger partial charge >= 0.3 is 6.03 Å². The van der Waals surface area contributed by atoms with Gasteiger partial charge in [0.05, 0.1) is 17.8 Å². The highest BCUT2D eigenvalue weighted by molar-refractivity contribution is 7.97. The number of pyridine rings is 1. The molecule has 8 nitrogen and oxygen atoms in total. The van der Waals surface area contributed by atoms with E-state index in [1.165, 1.54) is 35.9 Å². The van der Waals surface area contributed by atoms with Crippen LogP contribution >= 0.6 is 11.9 Å². The number of carbonyl (C=O) groups is 1. The number of aryl methyl sites for hydroxylation is 2. The van der Waals surface area contributed by atoms with Crippen molar-refractivity contribution in [2.45, 2.75) is 56.7 Å². The van der Waals surface area contributed by atoms with Gasteiger partial charge in [-0.15, -0.1) is 0 Å². The first kappa shape index (κ1) is 21.9. The maximum absolute atomic E-state index is 13.2. The Morgan fingerprint density at radius 3 is 3.03 bits per heavy atom. The van der Waals surface area contributed by atoms with E-state index >= 15 is 0 Å². The van der Waals surface area contributed by atoms with Crippen molar-refractivity contribution in [2.24, 2.45) is 5.92 Å². The number of ether oxygens (including phenoxy) is 1. The van der Waals surface area contributed by atoms with Gasteiger partial charge in [0.2, 0.25) is 0 Å². The molecule has 0 bridgehead atoms. The molecule has 1 atom stereocenters. The molecule has 4 heterocycles. The molecule has 4 aromatic rings. The van der Waals surface area contributed by atoms with Crippen LogP contribution in [0.5, 0.6) is 0 Å². The summed E-state index contributed by atoms with van der Waals surface area (Å²) >= 11 is 1.26. The number of benzene rings is 1. The number of nitrogens with zero attached hydrogens (tertiary/aromatic N) is 4. The average Bonchev–Trinajstić information content (AvgIpc) is 3.25. The van der Waals surface area contributed by atoms with E-state index in [1.807, 2.05) is 23.0 Å². The Bertz CT molecular complexity index is 1490. The van der Waals surface area contributed by atoms with Gasteiger partial charge in [-0.05, 0) is 85.4 Å². The first-order valence-corrected chi connectivity index (χ1v) is 13.5. The minimum Gasteiger partial charge on any atom is -0.368 e. The zero-order chi connectivity index (χ0) is 24.2. The maximum atomic E-state index is 13.2. The molecule has 2 N–H and O–H groups in total. The van der Waals surface area contributed by atoms with Gasteiger partial charge in [0.25, 0.3) is 0 Å². The molecule has 7 rings (SSSR count). The molecule has 1 fully saturated rings. The highest BCUT2D eigenvalue weighted by Gasteiger charge is 2.38. The van der Waals surface area contributed by atoms with Crippen LogP contribution in [0.3, 0.4) is 0 Å². The molecule has 1 aromatic carbocycles. The van der Waals surface area contributed by atoms with Crippen LogP contribution in [0.25, 0.3) is 16.6 Å². The van der Waals surface area contributed by atoms with Crippen molar-refractivity contribution >= 4 is 29.2 Å². The van der Waals surface area contributed by atoms with Crippen LogP contribution in [-0.4, -0.2) is 31.8 Å². The van der Waals surface area contributed by atoms with Gasteiger partial charge in [0.15, 0.2) is 0 Å². The summed E-state index contributed by atoms with van der Waals surface area (Å²) in [5.74, 6) is 1.58. The van der Waals surface area contributed by atoms with Crippen molar-refractivity contribution < 1.29 is 9.53 Å². The molecule has 0 saturated heterocycles. The van der Waals surface area contributed by atoms with Crippen LogP contribution in [-0.2, 0) is 24.1 Å². The van der Waals surface area contributed by atoms with E-state index in [0.29, 0.717) is 5.92 Å². The van der Waals surface area contributed by atoms with E-state index in [-0.39, 0.29) is 12.1 Å². The van der Waals surface area contributed by atoms with Crippen LogP contribution in [0.1, 0.15) is 47.9 Å². The first-order valence-electron chi connectivity index (χ1n) is 12.7. The van der Waals surface area contributed by atoms with E-state index in [4.69, 9.17) is 9.72 Å². The average molecular weight is 501 g/mol. The SMILES string of the molecule is Cc1cc2c(c(NC(=O)NSc3cn4c(n3)C(C3CC3)OCC4)c1-c1ccn3nccc3c1)CCC2. The van der Waals surface area contributed by atoms with Crippen molar-refractivity contribution in [3.63, 3.8) is 0 Å². The Labute approximate surface area is 213 Å². The maximum Gasteiger partial charge on any atom is 0.329 e. The zero-order valence-electron chi connectivity index (χ0n) is 20.2. The summed E-state index contributed by atoms with van der Waals surface area (Å²) in [7, 11) is 0. The molecule has 2 aliphatic carbocycles. The largest absolute Gasteiger partial charge is 0.368 e. The minimum atomic E-state index is -0.243. The Hall–Kier alpha value is -3.30. The van der Waals surface area contributed by atoms with E-state index < -0.39 is 0 Å². The monoisotopic (exact) mass is 500 g/mol. The molecule has 1 saturated carbocycles. The zero-order valence-corrected chi connectivity index (χ0v) is 21.0. The van der Waals surface area contributed by atoms with E-state index in [2.05, 4.69) is 44.8 Å². The van der Waals surface area contributed by atoms with Gasteiger partial charge in [-0.25, -0.2) is 14.3 Å². The van der Waals surface area contributed by atoms with Crippen molar-refractivity contribution in [2.75, 3.05) is 11.9 Å². The molecule has 0 spiro atoms. The highest BCUT2D eigenvalue weighted by atomic mass is 32.2. The molecule has 2 amide bonds. The van der Waals surface area contributed by atoms with Crippen LogP contribution in [0.2, 0.25) is 0 Å². The fraction of sp³-hybridized carbons (Fsp3) is 0.370. The lowest BCUT2D eigenvalue weighted by Gasteiger charge is -2.23. The quantitative estimate of drug-likeness (QED) is 0.363. The van der Waals surface area contributed by atoms with Crippen LogP contribution in [0.4, 0.5) is 10.5 Å². The Morgan fingerprint density at radius 2 is 2.14 bits per heavy atom. The Balaban J connectivity index is 1.15. The molecule has 36 heavy (non-hydrogen) atoms. The number of hydrogen-bond acceptors (Lipinski definition) is 5. The standard InChI is InChI=1S/C27H28N6O2S/c1-16-13-18-3-2-4-21(18)24(23(16)19-8-10-33-20(14-19)7-9-28-33)30-27(34)31-36-22-15-32-11-12-35-25(17-5-6-17)26(32)29-22/h7-10,13-15,17,25H,2-6,11-12H2,1H3,(H2,30,31,34). The molecule has 1 unspecified atom stereocenters. The van der Waals surface area contributed by atoms with Gasteiger partial charge < -0.3 is 14.6 Å². The minimum absolute atomic E-state index is 0.0903. The molecule has 184 valence electrons. The topological polar surface area (TPSA) is 85.5 Å². The lowest BCUT2D eigenvalue weighted by atomic mass is 9.93. The molecular weight excluding hydrogens is 472 g/mol. The summed E-state index contributed by atoms with van der Waals surface area (Å²) in [4.78, 5) is 17.9. The number of imidazole rings is 1. The Kier molecular flexibility index (Phi) is 5.28. The predicted octanol–water partition coefficient (Wildman–Crippen LogP) is 5.31. The van der Waals surface area contributed by atoms with Gasteiger partial charge in [-0.1, -0.05) is 6.07 Å². The number of carbonyl (C=O) groups excluding carboxylic acids is 1. The summed E-state index contributed by atoms with van der Waals surface area (Å²) < 4.78 is 13.0. The third-order valence-electron chi connectivity index (χ3n) is 7.49. The fourth-order valence-corrected chi connectivity index (χ4v) is 6.24. The summed E-state index contributed by atoms with van der Waals surface area (Å²) in [6.07, 6.45) is 11.4. The smallest absolute Gasteiger partial charge is 0.329 e. The van der Waals surface area contributed by atoms with Gasteiger partial charge in [0, 0.05) is 42.6 Å². The number of urea groups is 1. The van der Waals surface area contributed by atoms with Gasteiger partial charge in [-0.3, -0.25) is 4.72 Å². The second-order valence-corrected chi connectivity index (χ2v) is 10.8. The number of anilines is 1. The lowest BCUT2D eigenvalue weighted by Crippen LogP contribution is -2.24. The van der Waals surface area contributed by atoms with Gasteiger partial charge in [-0.2, -0.15) is 5.10 Å². The summed E-state index contributed by atoms with van der Waals surface area (Å²) in [5, 5.41) is 8.32. The number of rotatable bonds is 5. The summed E-state index contributed by atoms with van der Waals surface area (Å²) in [6, 6.07) is 8.22. The van der Waals surface area contributed by atoms with Crippen molar-refractivity contribution in [1.82, 2.24) is 23.9 Å². The fourth-order valence-electron chi connectivity index (χ4n) is 5.68. The van der Waals surface area contributed by atoms with Crippen molar-refractivity contribution in [3.05, 3.63) is 65.4 Å². The second kappa shape index (κ2) is 8.67. The molecule has 3 aromatic heterocycles. The number of nitrogens with one attached hydrogen (secondary N) is 2. The van der Waals surface area contributed by atoms with E-state index in [1.54, 1.807) is 6.20 Å². The number of amides is 2. The van der Waals surface area contributed by atoms with E-state index in [0.717, 1.165) is 71.2 Å². The van der Waals surface area contributed by atoms with E-state index in [9.17, 15) is 4.79 Å². The normalized spacial score (nSPS) is 18.8. The van der Waals surface area contributed by atoms with Crippen LogP contribution < -0.4 is 10.0 Å². The summed E-state index contributed by atoms with van der Waals surface area (Å²) in [5.41, 5.74) is 7.82. The number of aromatic nitrogens is 4. The lowest BCUT2D eigenvalue weighted by molar-refractivity contribution is 0.00283. The number of hydrogen-bond donors (Lipinski definition) is 2. The predicted molar refractivity (Wildman–Crippen MR) is 139 cm³/mol. The first-order chi connectivity index (χ1) is 17.6. The Morgan fingerprint density at radius 1 is 1.22 bits per heavy atom. The van der Waals surface area contributed by atoms with Crippen molar-refractivity contribution in [1.29, 1.82) is 0 Å². The van der Waals surface area contributed by atoms with Crippen LogP contribution in [0.15, 0.2) is 47.9 Å². The molecule has 1 aliphatic heterocycles. The molecule has 0 radical (unpaired) electrons. The summed E-state index contributed by atoms with van der Waals surface area (Å²) in [6.45, 7) is 3.65. The van der Waals surface area contributed by atoms with Gasteiger partial charge in [0.1, 0.15) is 17.0 Å². The third-order valence-corrected chi connectivity index (χ3v) is 8.19. The van der Waals surface area contributed by atoms with Crippen LogP contribution in [0, 0.1) is 12.8 Å². The van der Waals surface area contributed by atoms with Crippen molar-refractivity contribution in [3.8, 4) is 11.1 Å².